The normalized spacial score (nSPS) is 16.1. The number of hydrogen-bond acceptors (Lipinski definition) is 4. The van der Waals surface area contributed by atoms with E-state index in [0.717, 1.165) is 25.3 Å². The van der Waals surface area contributed by atoms with E-state index in [0.29, 0.717) is 5.92 Å². The first-order chi connectivity index (χ1) is 8.93. The molecule has 0 spiro atoms. The summed E-state index contributed by atoms with van der Waals surface area (Å²) in [5.41, 5.74) is 1.26. The minimum Gasteiger partial charge on any atom is -0.372 e. The molecule has 1 atom stereocenters. The largest absolute Gasteiger partial charge is 0.372 e. The van der Waals surface area contributed by atoms with E-state index in [-0.39, 0.29) is 0 Å². The Balaban J connectivity index is 1.89. The summed E-state index contributed by atoms with van der Waals surface area (Å²) in [7, 11) is 0. The Hall–Kier alpha value is -1.68. The summed E-state index contributed by atoms with van der Waals surface area (Å²) in [6, 6.07) is 8.44. The third-order valence-electron chi connectivity index (χ3n) is 3.11. The van der Waals surface area contributed by atoms with Crippen LogP contribution in [-0.2, 0) is 0 Å². The van der Waals surface area contributed by atoms with Gasteiger partial charge in [-0.1, -0.05) is 12.1 Å². The number of aromatic nitrogens is 1. The number of rotatable bonds is 4. The molecule has 3 nitrogen and oxygen atoms in total. The van der Waals surface area contributed by atoms with Crippen LogP contribution in [0.2, 0.25) is 0 Å². The van der Waals surface area contributed by atoms with Gasteiger partial charge in [0.15, 0.2) is 0 Å². The van der Waals surface area contributed by atoms with Gasteiger partial charge in [0.1, 0.15) is 0 Å². The van der Waals surface area contributed by atoms with Crippen molar-refractivity contribution in [3.05, 3.63) is 52.5 Å². The van der Waals surface area contributed by atoms with Gasteiger partial charge in [0.25, 0.3) is 0 Å². The first-order valence-electron chi connectivity index (χ1n) is 6.14. The van der Waals surface area contributed by atoms with Crippen LogP contribution in [0.25, 0.3) is 0 Å². The SMILES string of the molecule is c1cncc([C@@H](CC2=NCCN2)c2cccs2)c1. The molecule has 18 heavy (non-hydrogen) atoms. The summed E-state index contributed by atoms with van der Waals surface area (Å²) in [6.45, 7) is 1.87. The van der Waals surface area contributed by atoms with Crippen molar-refractivity contribution in [2.45, 2.75) is 12.3 Å². The molecular weight excluding hydrogens is 242 g/mol. The Morgan fingerprint density at radius 1 is 1.33 bits per heavy atom. The van der Waals surface area contributed by atoms with E-state index in [1.54, 1.807) is 11.3 Å². The molecule has 0 fully saturated rings. The molecule has 0 saturated heterocycles. The zero-order valence-corrected chi connectivity index (χ0v) is 10.9. The zero-order chi connectivity index (χ0) is 12.2. The quantitative estimate of drug-likeness (QED) is 0.914. The maximum Gasteiger partial charge on any atom is 0.0974 e. The zero-order valence-electron chi connectivity index (χ0n) is 10.0. The predicted molar refractivity (Wildman–Crippen MR) is 75.3 cm³/mol. The summed E-state index contributed by atoms with van der Waals surface area (Å²) >= 11 is 1.80. The number of aliphatic imine (C=N–C) groups is 1. The molecule has 3 heterocycles. The Bertz CT molecular complexity index is 519. The lowest BCUT2D eigenvalue weighted by atomic mass is 9.95. The van der Waals surface area contributed by atoms with Gasteiger partial charge in [-0.3, -0.25) is 9.98 Å². The minimum atomic E-state index is 0.364. The molecule has 1 aliphatic heterocycles. The lowest BCUT2D eigenvalue weighted by Crippen LogP contribution is -2.21. The van der Waals surface area contributed by atoms with E-state index in [1.807, 2.05) is 18.5 Å². The Labute approximate surface area is 111 Å². The third-order valence-corrected chi connectivity index (χ3v) is 4.10. The topological polar surface area (TPSA) is 37.3 Å². The lowest BCUT2D eigenvalue weighted by molar-refractivity contribution is 0.844. The second-order valence-electron chi connectivity index (χ2n) is 4.31. The van der Waals surface area contributed by atoms with Crippen LogP contribution in [0.4, 0.5) is 0 Å². The fourth-order valence-electron chi connectivity index (χ4n) is 2.23. The van der Waals surface area contributed by atoms with Crippen molar-refractivity contribution in [1.82, 2.24) is 10.3 Å². The molecule has 2 aromatic heterocycles. The molecule has 0 amide bonds. The van der Waals surface area contributed by atoms with E-state index >= 15 is 0 Å². The number of nitrogens with one attached hydrogen (secondary N) is 1. The third kappa shape index (κ3) is 2.43. The highest BCUT2D eigenvalue weighted by Crippen LogP contribution is 2.31. The van der Waals surface area contributed by atoms with Crippen LogP contribution in [0.3, 0.4) is 0 Å². The smallest absolute Gasteiger partial charge is 0.0974 e. The fraction of sp³-hybridized carbons (Fsp3) is 0.286. The Kier molecular flexibility index (Phi) is 3.37. The monoisotopic (exact) mass is 257 g/mol. The first-order valence-corrected chi connectivity index (χ1v) is 7.02. The molecule has 0 aromatic carbocycles. The summed E-state index contributed by atoms with van der Waals surface area (Å²) in [5, 5.41) is 5.48. The highest BCUT2D eigenvalue weighted by Gasteiger charge is 2.19. The predicted octanol–water partition coefficient (Wildman–Crippen LogP) is 2.67. The van der Waals surface area contributed by atoms with Gasteiger partial charge in [0.2, 0.25) is 0 Å². The van der Waals surface area contributed by atoms with Gasteiger partial charge in [0.05, 0.1) is 12.4 Å². The van der Waals surface area contributed by atoms with Gasteiger partial charge in [-0.05, 0) is 23.1 Å². The summed E-state index contributed by atoms with van der Waals surface area (Å²) < 4.78 is 0. The van der Waals surface area contributed by atoms with Gasteiger partial charge in [-0.2, -0.15) is 0 Å². The molecule has 0 unspecified atom stereocenters. The average Bonchev–Trinajstić information content (AvgIpc) is 3.10. The minimum absolute atomic E-state index is 0.364. The van der Waals surface area contributed by atoms with Gasteiger partial charge >= 0.3 is 0 Å². The molecule has 0 radical (unpaired) electrons. The average molecular weight is 257 g/mol. The Morgan fingerprint density at radius 3 is 3.00 bits per heavy atom. The molecule has 1 N–H and O–H groups in total. The molecular formula is C14H15N3S. The molecule has 92 valence electrons. The van der Waals surface area contributed by atoms with E-state index in [9.17, 15) is 0 Å². The van der Waals surface area contributed by atoms with Gasteiger partial charge in [0, 0.05) is 36.2 Å². The van der Waals surface area contributed by atoms with E-state index in [1.165, 1.54) is 10.4 Å². The molecule has 0 saturated carbocycles. The summed E-state index contributed by atoms with van der Waals surface area (Å²) in [6.07, 6.45) is 4.71. The van der Waals surface area contributed by atoms with Crippen LogP contribution >= 0.6 is 11.3 Å². The number of amidine groups is 1. The second kappa shape index (κ2) is 5.31. The van der Waals surface area contributed by atoms with Crippen LogP contribution in [0.1, 0.15) is 22.8 Å². The van der Waals surface area contributed by atoms with E-state index in [4.69, 9.17) is 0 Å². The van der Waals surface area contributed by atoms with Crippen molar-refractivity contribution >= 4 is 17.2 Å². The first kappa shape index (κ1) is 11.4. The maximum atomic E-state index is 4.50. The molecule has 3 rings (SSSR count). The Morgan fingerprint density at radius 2 is 2.33 bits per heavy atom. The molecule has 0 aliphatic carbocycles. The standard InChI is InChI=1S/C14H15N3S/c1-3-11(10-15-5-1)12(13-4-2-8-18-13)9-14-16-6-7-17-14/h1-5,8,10,12H,6-7,9H2,(H,16,17)/t12-/m1/s1. The van der Waals surface area contributed by atoms with Crippen molar-refractivity contribution in [3.63, 3.8) is 0 Å². The van der Waals surface area contributed by atoms with Crippen molar-refractivity contribution < 1.29 is 0 Å². The van der Waals surface area contributed by atoms with Gasteiger partial charge in [-0.25, -0.2) is 0 Å². The van der Waals surface area contributed by atoms with Crippen LogP contribution < -0.4 is 5.32 Å². The second-order valence-corrected chi connectivity index (χ2v) is 5.29. The summed E-state index contributed by atoms with van der Waals surface area (Å²) in [5.74, 6) is 1.49. The van der Waals surface area contributed by atoms with Crippen LogP contribution in [0.15, 0.2) is 47.0 Å². The van der Waals surface area contributed by atoms with E-state index in [2.05, 4.69) is 38.9 Å². The number of pyridine rings is 1. The lowest BCUT2D eigenvalue weighted by Gasteiger charge is -2.15. The van der Waals surface area contributed by atoms with Gasteiger partial charge in [-0.15, -0.1) is 11.3 Å². The molecule has 4 heteroatoms. The number of hydrogen-bond donors (Lipinski definition) is 1. The molecule has 1 aliphatic rings. The van der Waals surface area contributed by atoms with Crippen LogP contribution in [0.5, 0.6) is 0 Å². The van der Waals surface area contributed by atoms with Crippen molar-refractivity contribution in [3.8, 4) is 0 Å². The van der Waals surface area contributed by atoms with Crippen LogP contribution in [0, 0.1) is 0 Å². The molecule has 0 bridgehead atoms. The highest BCUT2D eigenvalue weighted by molar-refractivity contribution is 7.10. The van der Waals surface area contributed by atoms with E-state index < -0.39 is 0 Å². The van der Waals surface area contributed by atoms with Gasteiger partial charge < -0.3 is 5.32 Å². The van der Waals surface area contributed by atoms with Crippen molar-refractivity contribution in [2.24, 2.45) is 4.99 Å². The fourth-order valence-corrected chi connectivity index (χ4v) is 3.09. The maximum absolute atomic E-state index is 4.50. The van der Waals surface area contributed by atoms with Crippen molar-refractivity contribution in [2.75, 3.05) is 13.1 Å². The number of nitrogens with zero attached hydrogens (tertiary/aromatic N) is 2. The number of thiophene rings is 1. The highest BCUT2D eigenvalue weighted by atomic mass is 32.1. The van der Waals surface area contributed by atoms with Crippen LogP contribution in [-0.4, -0.2) is 23.9 Å². The molecule has 2 aromatic rings. The summed E-state index contributed by atoms with van der Waals surface area (Å²) in [4.78, 5) is 10.1. The van der Waals surface area contributed by atoms with Crippen molar-refractivity contribution in [1.29, 1.82) is 0 Å².